The zero-order valence-corrected chi connectivity index (χ0v) is 10.5. The fourth-order valence-corrected chi connectivity index (χ4v) is 1.77. The number of carboxylic acid groups (broad SMARTS) is 1. The van der Waals surface area contributed by atoms with Gasteiger partial charge in [0.25, 0.3) is 0 Å². The smallest absolute Gasteiger partial charge is 0.328 e. The number of benzene rings is 1. The van der Waals surface area contributed by atoms with E-state index in [-0.39, 0.29) is 0 Å². The number of rotatable bonds is 5. The highest BCUT2D eigenvalue weighted by atomic mass is 16.5. The van der Waals surface area contributed by atoms with Gasteiger partial charge in [-0.3, -0.25) is 0 Å². The van der Waals surface area contributed by atoms with Gasteiger partial charge in [-0.05, 0) is 23.8 Å². The molecule has 0 saturated heterocycles. The topological polar surface area (TPSA) is 64.3 Å². The van der Waals surface area contributed by atoms with Crippen LogP contribution in [0.3, 0.4) is 0 Å². The highest BCUT2D eigenvalue weighted by Gasteiger charge is 2.04. The Hall–Kier alpha value is -2.56. The predicted octanol–water partition coefficient (Wildman–Crippen LogP) is 2.04. The molecule has 1 N–H and O–H groups in total. The summed E-state index contributed by atoms with van der Waals surface area (Å²) in [5.41, 5.74) is 1.78. The third-order valence-electron chi connectivity index (χ3n) is 2.63. The Labute approximate surface area is 110 Å². The summed E-state index contributed by atoms with van der Waals surface area (Å²) in [6.07, 6.45) is 7.96. The lowest BCUT2D eigenvalue weighted by molar-refractivity contribution is -0.131. The average Bonchev–Trinajstić information content (AvgIpc) is 2.89. The molecule has 0 aliphatic carbocycles. The van der Waals surface area contributed by atoms with Gasteiger partial charge in [0.15, 0.2) is 0 Å². The van der Waals surface area contributed by atoms with E-state index in [2.05, 4.69) is 4.98 Å². The van der Waals surface area contributed by atoms with Crippen molar-refractivity contribution in [3.8, 4) is 5.75 Å². The van der Waals surface area contributed by atoms with E-state index in [0.717, 1.165) is 23.0 Å². The van der Waals surface area contributed by atoms with E-state index in [1.807, 2.05) is 29.0 Å². The van der Waals surface area contributed by atoms with Crippen molar-refractivity contribution in [1.82, 2.24) is 9.55 Å². The Balaban J connectivity index is 2.28. The van der Waals surface area contributed by atoms with Gasteiger partial charge in [0.05, 0.1) is 20.0 Å². The largest absolute Gasteiger partial charge is 0.496 e. The van der Waals surface area contributed by atoms with Crippen LogP contribution >= 0.6 is 0 Å². The second-order valence-electron chi connectivity index (χ2n) is 3.98. The zero-order valence-electron chi connectivity index (χ0n) is 10.5. The molecule has 0 radical (unpaired) electrons. The zero-order chi connectivity index (χ0) is 13.7. The molecule has 1 heterocycles. The van der Waals surface area contributed by atoms with Gasteiger partial charge >= 0.3 is 5.97 Å². The van der Waals surface area contributed by atoms with Crippen molar-refractivity contribution in [2.45, 2.75) is 6.54 Å². The molecule has 5 heteroatoms. The number of hydrogen-bond acceptors (Lipinski definition) is 3. The molecular formula is C14H14N2O3. The van der Waals surface area contributed by atoms with E-state index in [1.165, 1.54) is 0 Å². The maximum Gasteiger partial charge on any atom is 0.328 e. The summed E-state index contributed by atoms with van der Waals surface area (Å²) < 4.78 is 7.22. The van der Waals surface area contributed by atoms with Gasteiger partial charge in [-0.1, -0.05) is 6.07 Å². The van der Waals surface area contributed by atoms with Crippen LogP contribution in [0.2, 0.25) is 0 Å². The molecule has 2 aromatic rings. The molecule has 98 valence electrons. The molecule has 1 aromatic carbocycles. The van der Waals surface area contributed by atoms with Crippen LogP contribution in [0.15, 0.2) is 43.0 Å². The molecule has 0 amide bonds. The molecule has 0 fully saturated rings. The average molecular weight is 258 g/mol. The minimum Gasteiger partial charge on any atom is -0.496 e. The monoisotopic (exact) mass is 258 g/mol. The van der Waals surface area contributed by atoms with Crippen LogP contribution < -0.4 is 4.74 Å². The molecule has 5 nitrogen and oxygen atoms in total. The maximum atomic E-state index is 10.5. The highest BCUT2D eigenvalue weighted by molar-refractivity contribution is 5.85. The van der Waals surface area contributed by atoms with Gasteiger partial charge in [-0.15, -0.1) is 0 Å². The molecular weight excluding hydrogens is 244 g/mol. The fraction of sp³-hybridized carbons (Fsp3) is 0.143. The minimum atomic E-state index is -0.966. The molecule has 0 unspecified atom stereocenters. The summed E-state index contributed by atoms with van der Waals surface area (Å²) in [4.78, 5) is 14.5. The van der Waals surface area contributed by atoms with Crippen molar-refractivity contribution < 1.29 is 14.6 Å². The van der Waals surface area contributed by atoms with E-state index in [9.17, 15) is 4.79 Å². The number of carboxylic acids is 1. The molecule has 19 heavy (non-hydrogen) atoms. The lowest BCUT2D eigenvalue weighted by atomic mass is 10.1. The number of aromatic nitrogens is 2. The van der Waals surface area contributed by atoms with Crippen LogP contribution in [0.5, 0.6) is 5.75 Å². The Kier molecular flexibility index (Phi) is 3.97. The number of methoxy groups -OCH3 is 1. The first-order chi connectivity index (χ1) is 9.19. The number of ether oxygens (including phenoxy) is 1. The predicted molar refractivity (Wildman–Crippen MR) is 71.0 cm³/mol. The van der Waals surface area contributed by atoms with Crippen molar-refractivity contribution in [3.63, 3.8) is 0 Å². The summed E-state index contributed by atoms with van der Waals surface area (Å²) in [6, 6.07) is 5.54. The van der Waals surface area contributed by atoms with Crippen molar-refractivity contribution in [1.29, 1.82) is 0 Å². The molecule has 0 bridgehead atoms. The van der Waals surface area contributed by atoms with Crippen LogP contribution in [0, 0.1) is 0 Å². The molecule has 1 aromatic heterocycles. The third kappa shape index (κ3) is 3.45. The summed E-state index contributed by atoms with van der Waals surface area (Å²) in [6.45, 7) is 0.623. The number of carbonyl (C=O) groups is 1. The second-order valence-corrected chi connectivity index (χ2v) is 3.98. The van der Waals surface area contributed by atoms with E-state index < -0.39 is 5.97 Å². The fourth-order valence-electron chi connectivity index (χ4n) is 1.77. The minimum absolute atomic E-state index is 0.623. The standard InChI is InChI=1S/C14H14N2O3/c1-19-13-4-2-11(3-5-14(17)18)8-12(13)9-16-7-6-15-10-16/h2-8,10H,9H2,1H3,(H,17,18). The van der Waals surface area contributed by atoms with Crippen molar-refractivity contribution in [3.05, 3.63) is 54.1 Å². The van der Waals surface area contributed by atoms with Crippen LogP contribution in [0.4, 0.5) is 0 Å². The first kappa shape index (κ1) is 12.9. The highest BCUT2D eigenvalue weighted by Crippen LogP contribution is 2.21. The van der Waals surface area contributed by atoms with Crippen LogP contribution in [-0.2, 0) is 11.3 Å². The van der Waals surface area contributed by atoms with Crippen LogP contribution in [-0.4, -0.2) is 27.7 Å². The van der Waals surface area contributed by atoms with Gasteiger partial charge in [0, 0.05) is 24.0 Å². The summed E-state index contributed by atoms with van der Waals surface area (Å²) in [5.74, 6) is -0.201. The number of imidazole rings is 1. The molecule has 0 aliphatic heterocycles. The van der Waals surface area contributed by atoms with Gasteiger partial charge < -0.3 is 14.4 Å². The number of aliphatic carboxylic acids is 1. The van der Waals surface area contributed by atoms with Gasteiger partial charge in [-0.2, -0.15) is 0 Å². The molecule has 2 rings (SSSR count). The van der Waals surface area contributed by atoms with E-state index in [4.69, 9.17) is 9.84 Å². The summed E-state index contributed by atoms with van der Waals surface area (Å²) in [5, 5.41) is 8.63. The number of nitrogens with zero attached hydrogens (tertiary/aromatic N) is 2. The van der Waals surface area contributed by atoms with Gasteiger partial charge in [0.2, 0.25) is 0 Å². The first-order valence-electron chi connectivity index (χ1n) is 5.72. The Morgan fingerprint density at radius 3 is 3.00 bits per heavy atom. The maximum absolute atomic E-state index is 10.5. The van der Waals surface area contributed by atoms with Gasteiger partial charge in [0.1, 0.15) is 5.75 Å². The third-order valence-corrected chi connectivity index (χ3v) is 2.63. The molecule has 0 aliphatic rings. The Morgan fingerprint density at radius 1 is 1.53 bits per heavy atom. The Bertz CT molecular complexity index is 589. The van der Waals surface area contributed by atoms with E-state index in [0.29, 0.717) is 6.54 Å². The van der Waals surface area contributed by atoms with E-state index in [1.54, 1.807) is 25.7 Å². The van der Waals surface area contributed by atoms with E-state index >= 15 is 0 Å². The second kappa shape index (κ2) is 5.86. The first-order valence-corrected chi connectivity index (χ1v) is 5.72. The van der Waals surface area contributed by atoms with Crippen molar-refractivity contribution >= 4 is 12.0 Å². The summed E-state index contributed by atoms with van der Waals surface area (Å²) in [7, 11) is 1.61. The molecule has 0 spiro atoms. The van der Waals surface area contributed by atoms with Gasteiger partial charge in [-0.25, -0.2) is 9.78 Å². The SMILES string of the molecule is COc1ccc(C=CC(=O)O)cc1Cn1ccnc1. The Morgan fingerprint density at radius 2 is 2.37 bits per heavy atom. The number of hydrogen-bond donors (Lipinski definition) is 1. The molecule has 0 saturated carbocycles. The van der Waals surface area contributed by atoms with Crippen LogP contribution in [0.1, 0.15) is 11.1 Å². The quantitative estimate of drug-likeness (QED) is 0.833. The lowest BCUT2D eigenvalue weighted by Gasteiger charge is -2.10. The lowest BCUT2D eigenvalue weighted by Crippen LogP contribution is -2.00. The van der Waals surface area contributed by atoms with Crippen molar-refractivity contribution in [2.75, 3.05) is 7.11 Å². The molecule has 0 atom stereocenters. The summed E-state index contributed by atoms with van der Waals surface area (Å²) >= 11 is 0. The normalized spacial score (nSPS) is 10.8. The van der Waals surface area contributed by atoms with Crippen molar-refractivity contribution in [2.24, 2.45) is 0 Å². The van der Waals surface area contributed by atoms with Crippen LogP contribution in [0.25, 0.3) is 6.08 Å².